The first-order valence-electron chi connectivity index (χ1n) is 11.2. The zero-order valence-corrected chi connectivity index (χ0v) is 19.8. The fourth-order valence-corrected chi connectivity index (χ4v) is 4.42. The van der Waals surface area contributed by atoms with Crippen molar-refractivity contribution >= 4 is 18.2 Å². The first-order valence-corrected chi connectivity index (χ1v) is 11.6. The van der Waals surface area contributed by atoms with Gasteiger partial charge in [-0.25, -0.2) is 4.68 Å². The third kappa shape index (κ3) is 4.69. The predicted octanol–water partition coefficient (Wildman–Crippen LogP) is 4.92. The Hall–Kier alpha value is -2.77. The van der Waals surface area contributed by atoms with E-state index in [1.54, 1.807) is 0 Å². The molecule has 0 amide bonds. The van der Waals surface area contributed by atoms with Crippen LogP contribution in [0.1, 0.15) is 30.9 Å². The van der Waals surface area contributed by atoms with E-state index < -0.39 is 0 Å². The van der Waals surface area contributed by atoms with Gasteiger partial charge < -0.3 is 4.74 Å². The van der Waals surface area contributed by atoms with Crippen LogP contribution in [0.4, 0.5) is 0 Å². The molecule has 3 aromatic rings. The van der Waals surface area contributed by atoms with E-state index in [1.165, 1.54) is 11.1 Å². The average Bonchev–Trinajstić information content (AvgIpc) is 3.13. The molecular weight excluding hydrogens is 420 g/mol. The van der Waals surface area contributed by atoms with E-state index in [-0.39, 0.29) is 11.9 Å². The number of hydrogen-bond acceptors (Lipinski definition) is 5. The Kier molecular flexibility index (Phi) is 6.86. The van der Waals surface area contributed by atoms with Crippen LogP contribution in [0.15, 0.2) is 48.5 Å². The van der Waals surface area contributed by atoms with Crippen LogP contribution in [-0.4, -0.2) is 44.9 Å². The molecule has 1 aromatic heterocycles. The standard InChI is InChI=1S/C25H30N4O2S/c1-4-31-24(30)21-12-14-27(15-13-21)17-28-25(32)29(22-11-10-18(2)19(3)16-22)23(26-28)20-8-6-5-7-9-20/h5-11,16,21H,4,12-15,17H2,1-3H3. The highest BCUT2D eigenvalue weighted by Crippen LogP contribution is 2.25. The summed E-state index contributed by atoms with van der Waals surface area (Å²) in [6, 6.07) is 16.5. The van der Waals surface area contributed by atoms with Gasteiger partial charge in [0.2, 0.25) is 4.77 Å². The molecule has 0 bridgehead atoms. The minimum Gasteiger partial charge on any atom is -0.466 e. The molecule has 0 atom stereocenters. The number of carbonyl (C=O) groups excluding carboxylic acids is 1. The summed E-state index contributed by atoms with van der Waals surface area (Å²) in [7, 11) is 0. The summed E-state index contributed by atoms with van der Waals surface area (Å²) >= 11 is 5.90. The molecular formula is C25H30N4O2S. The van der Waals surface area contributed by atoms with Gasteiger partial charge in [0.05, 0.1) is 24.9 Å². The molecule has 0 unspecified atom stereocenters. The predicted molar refractivity (Wildman–Crippen MR) is 128 cm³/mol. The number of esters is 1. The van der Waals surface area contributed by atoms with Crippen molar-refractivity contribution in [3.8, 4) is 17.1 Å². The van der Waals surface area contributed by atoms with E-state index in [4.69, 9.17) is 22.1 Å². The van der Waals surface area contributed by atoms with Crippen molar-refractivity contribution in [3.05, 3.63) is 64.4 Å². The highest BCUT2D eigenvalue weighted by atomic mass is 32.1. The molecule has 4 rings (SSSR count). The highest BCUT2D eigenvalue weighted by Gasteiger charge is 2.26. The van der Waals surface area contributed by atoms with Gasteiger partial charge in [-0.2, -0.15) is 0 Å². The monoisotopic (exact) mass is 450 g/mol. The molecule has 168 valence electrons. The largest absolute Gasteiger partial charge is 0.466 e. The maximum Gasteiger partial charge on any atom is 0.309 e. The van der Waals surface area contributed by atoms with Gasteiger partial charge in [0.1, 0.15) is 0 Å². The van der Waals surface area contributed by atoms with E-state index >= 15 is 0 Å². The van der Waals surface area contributed by atoms with Crippen LogP contribution >= 0.6 is 12.2 Å². The maximum atomic E-state index is 12.1. The van der Waals surface area contributed by atoms with Gasteiger partial charge in [-0.3, -0.25) is 14.3 Å². The van der Waals surface area contributed by atoms with Gasteiger partial charge in [-0.15, -0.1) is 5.10 Å². The number of rotatable bonds is 6. The molecule has 6 nitrogen and oxygen atoms in total. The lowest BCUT2D eigenvalue weighted by atomic mass is 9.97. The van der Waals surface area contributed by atoms with E-state index in [9.17, 15) is 4.79 Å². The molecule has 2 aromatic carbocycles. The summed E-state index contributed by atoms with van der Waals surface area (Å²) in [5, 5.41) is 4.93. The summed E-state index contributed by atoms with van der Waals surface area (Å²) in [5.41, 5.74) is 4.51. The molecule has 7 heteroatoms. The van der Waals surface area contributed by atoms with Gasteiger partial charge >= 0.3 is 5.97 Å². The third-order valence-electron chi connectivity index (χ3n) is 6.16. The molecule has 0 radical (unpaired) electrons. The normalized spacial score (nSPS) is 15.1. The summed E-state index contributed by atoms with van der Waals surface area (Å²) in [6.45, 7) is 8.76. The molecule has 0 saturated carbocycles. The Morgan fingerprint density at radius 3 is 2.47 bits per heavy atom. The molecule has 0 aliphatic carbocycles. The molecule has 1 fully saturated rings. The number of ether oxygens (including phenoxy) is 1. The second-order valence-corrected chi connectivity index (χ2v) is 8.73. The fourth-order valence-electron chi connectivity index (χ4n) is 4.13. The van der Waals surface area contributed by atoms with Crippen molar-refractivity contribution in [2.24, 2.45) is 5.92 Å². The molecule has 0 spiro atoms. The number of aromatic nitrogens is 3. The number of aryl methyl sites for hydroxylation is 2. The lowest BCUT2D eigenvalue weighted by Gasteiger charge is -2.30. The molecule has 0 N–H and O–H groups in total. The average molecular weight is 451 g/mol. The topological polar surface area (TPSA) is 52.3 Å². The van der Waals surface area contributed by atoms with Crippen LogP contribution in [0.25, 0.3) is 17.1 Å². The second kappa shape index (κ2) is 9.79. The first-order chi connectivity index (χ1) is 15.5. The van der Waals surface area contributed by atoms with Crippen molar-refractivity contribution in [3.63, 3.8) is 0 Å². The summed E-state index contributed by atoms with van der Waals surface area (Å²) in [6.07, 6.45) is 1.60. The van der Waals surface area contributed by atoms with E-state index in [1.807, 2.05) is 29.8 Å². The zero-order valence-electron chi connectivity index (χ0n) is 19.0. The molecule has 1 saturated heterocycles. The van der Waals surface area contributed by atoms with Crippen LogP contribution in [0.2, 0.25) is 0 Å². The molecule has 32 heavy (non-hydrogen) atoms. The van der Waals surface area contributed by atoms with E-state index in [0.717, 1.165) is 43.0 Å². The number of piperidine rings is 1. The fraction of sp³-hybridized carbons (Fsp3) is 0.400. The number of carbonyl (C=O) groups is 1. The van der Waals surface area contributed by atoms with Crippen LogP contribution in [0.5, 0.6) is 0 Å². The van der Waals surface area contributed by atoms with Gasteiger partial charge in [-0.05, 0) is 69.1 Å². The van der Waals surface area contributed by atoms with Gasteiger partial charge in [0.15, 0.2) is 5.82 Å². The number of hydrogen-bond donors (Lipinski definition) is 0. The zero-order chi connectivity index (χ0) is 22.7. The highest BCUT2D eigenvalue weighted by molar-refractivity contribution is 7.71. The molecule has 1 aliphatic rings. The van der Waals surface area contributed by atoms with Crippen molar-refractivity contribution < 1.29 is 9.53 Å². The summed E-state index contributed by atoms with van der Waals surface area (Å²) in [5.74, 6) is 0.751. The van der Waals surface area contributed by atoms with Gasteiger partial charge in [-0.1, -0.05) is 36.4 Å². The number of likely N-dealkylation sites (tertiary alicyclic amines) is 1. The number of nitrogens with zero attached hydrogens (tertiary/aromatic N) is 4. The summed E-state index contributed by atoms with van der Waals surface area (Å²) in [4.78, 5) is 14.4. The summed E-state index contributed by atoms with van der Waals surface area (Å²) < 4.78 is 9.82. The van der Waals surface area contributed by atoms with Crippen molar-refractivity contribution in [2.75, 3.05) is 19.7 Å². The maximum absolute atomic E-state index is 12.1. The Bertz CT molecular complexity index is 1140. The smallest absolute Gasteiger partial charge is 0.309 e. The van der Waals surface area contributed by atoms with E-state index in [0.29, 0.717) is 18.0 Å². The second-order valence-electron chi connectivity index (χ2n) is 8.36. The van der Waals surface area contributed by atoms with Crippen molar-refractivity contribution in [1.82, 2.24) is 19.2 Å². The van der Waals surface area contributed by atoms with Crippen molar-refractivity contribution in [2.45, 2.75) is 40.3 Å². The lowest BCUT2D eigenvalue weighted by Crippen LogP contribution is -2.38. The number of benzene rings is 2. The molecule has 1 aliphatic heterocycles. The van der Waals surface area contributed by atoms with Crippen LogP contribution in [0, 0.1) is 24.5 Å². The Morgan fingerprint density at radius 2 is 1.81 bits per heavy atom. The van der Waals surface area contributed by atoms with Crippen LogP contribution in [0.3, 0.4) is 0 Å². The van der Waals surface area contributed by atoms with Crippen LogP contribution in [-0.2, 0) is 16.2 Å². The lowest BCUT2D eigenvalue weighted by molar-refractivity contribution is -0.149. The quantitative estimate of drug-likeness (QED) is 0.394. The van der Waals surface area contributed by atoms with Crippen molar-refractivity contribution in [1.29, 1.82) is 0 Å². The Morgan fingerprint density at radius 1 is 1.09 bits per heavy atom. The minimum absolute atomic E-state index is 0.00728. The third-order valence-corrected chi connectivity index (χ3v) is 6.55. The Labute approximate surface area is 194 Å². The molecule has 2 heterocycles. The van der Waals surface area contributed by atoms with Gasteiger partial charge in [0, 0.05) is 18.7 Å². The first kappa shape index (κ1) is 22.4. The SMILES string of the molecule is CCOC(=O)C1CCN(Cn2nc(-c3ccccc3)n(-c3ccc(C)c(C)c3)c2=S)CC1. The van der Waals surface area contributed by atoms with Crippen LogP contribution < -0.4 is 0 Å². The van der Waals surface area contributed by atoms with Gasteiger partial charge in [0.25, 0.3) is 0 Å². The minimum atomic E-state index is -0.0749. The van der Waals surface area contributed by atoms with E-state index in [2.05, 4.69) is 53.6 Å². The Balaban J connectivity index is 1.63.